The molecular weight excluding hydrogens is 252 g/mol. The second-order valence-electron chi connectivity index (χ2n) is 4.63. The van der Waals surface area contributed by atoms with Crippen LogP contribution in [0.2, 0.25) is 0 Å². The third-order valence-corrected chi connectivity index (χ3v) is 3.11. The van der Waals surface area contributed by atoms with Crippen molar-refractivity contribution in [3.8, 4) is 22.9 Å². The molecule has 4 heteroatoms. The molecule has 0 amide bonds. The highest BCUT2D eigenvalue weighted by molar-refractivity contribution is 5.58. The summed E-state index contributed by atoms with van der Waals surface area (Å²) in [5.74, 6) is 0.983. The van der Waals surface area contributed by atoms with Gasteiger partial charge in [-0.3, -0.25) is 0 Å². The lowest BCUT2D eigenvalue weighted by molar-refractivity contribution is 0.282. The topological polar surface area (TPSA) is 59.2 Å². The Bertz CT molecular complexity index is 700. The molecule has 4 nitrogen and oxygen atoms in total. The summed E-state index contributed by atoms with van der Waals surface area (Å²) >= 11 is 0. The predicted molar refractivity (Wildman–Crippen MR) is 75.8 cm³/mol. The van der Waals surface area contributed by atoms with Crippen molar-refractivity contribution in [1.29, 1.82) is 0 Å². The molecular formula is C16H14N2O2. The second kappa shape index (κ2) is 5.27. The lowest BCUT2D eigenvalue weighted by atomic mass is 10.1. The number of aliphatic hydroxyl groups is 1. The fourth-order valence-corrected chi connectivity index (χ4v) is 1.91. The molecule has 0 saturated heterocycles. The van der Waals surface area contributed by atoms with Crippen LogP contribution in [0.5, 0.6) is 0 Å². The largest absolute Gasteiger partial charge is 0.416 e. The average Bonchev–Trinajstić information content (AvgIpc) is 2.98. The van der Waals surface area contributed by atoms with E-state index >= 15 is 0 Å². The lowest BCUT2D eigenvalue weighted by Crippen LogP contribution is -1.83. The third kappa shape index (κ3) is 2.46. The number of aliphatic hydroxyl groups excluding tert-OH is 1. The molecule has 0 bridgehead atoms. The number of aryl methyl sites for hydroxylation is 1. The molecule has 1 N–H and O–H groups in total. The minimum atomic E-state index is 0.0265. The molecule has 0 atom stereocenters. The molecule has 3 rings (SSSR count). The van der Waals surface area contributed by atoms with Crippen LogP contribution >= 0.6 is 0 Å². The zero-order valence-electron chi connectivity index (χ0n) is 11.1. The quantitative estimate of drug-likeness (QED) is 0.790. The molecule has 2 aromatic carbocycles. The van der Waals surface area contributed by atoms with Crippen LogP contribution in [0.3, 0.4) is 0 Å². The maximum absolute atomic E-state index is 9.02. The summed E-state index contributed by atoms with van der Waals surface area (Å²) in [6, 6.07) is 15.3. The van der Waals surface area contributed by atoms with Gasteiger partial charge in [0.1, 0.15) is 0 Å². The minimum Gasteiger partial charge on any atom is -0.416 e. The Balaban J connectivity index is 1.91. The van der Waals surface area contributed by atoms with Crippen molar-refractivity contribution in [2.24, 2.45) is 0 Å². The number of hydrogen-bond acceptors (Lipinski definition) is 4. The van der Waals surface area contributed by atoms with Gasteiger partial charge in [0, 0.05) is 11.1 Å². The van der Waals surface area contributed by atoms with E-state index in [0.717, 1.165) is 16.7 Å². The molecule has 1 heterocycles. The Labute approximate surface area is 116 Å². The molecule has 0 saturated carbocycles. The van der Waals surface area contributed by atoms with Crippen LogP contribution in [0.4, 0.5) is 0 Å². The van der Waals surface area contributed by atoms with Crippen LogP contribution in [0, 0.1) is 6.92 Å². The number of hydrogen-bond donors (Lipinski definition) is 1. The number of aromatic nitrogens is 2. The zero-order valence-corrected chi connectivity index (χ0v) is 11.1. The number of nitrogens with zero attached hydrogens (tertiary/aromatic N) is 2. The fraction of sp³-hybridized carbons (Fsp3) is 0.125. The number of benzene rings is 2. The molecule has 100 valence electrons. The maximum Gasteiger partial charge on any atom is 0.248 e. The zero-order chi connectivity index (χ0) is 13.9. The Hall–Kier alpha value is -2.46. The molecule has 3 aromatic rings. The van der Waals surface area contributed by atoms with Crippen LogP contribution in [0.25, 0.3) is 22.9 Å². The van der Waals surface area contributed by atoms with Gasteiger partial charge in [-0.05, 0) is 36.8 Å². The summed E-state index contributed by atoms with van der Waals surface area (Å²) in [5.41, 5.74) is 3.79. The van der Waals surface area contributed by atoms with Gasteiger partial charge in [-0.1, -0.05) is 29.8 Å². The Morgan fingerprint density at radius 2 is 1.35 bits per heavy atom. The highest BCUT2D eigenvalue weighted by Gasteiger charge is 2.10. The first-order valence-corrected chi connectivity index (χ1v) is 6.37. The van der Waals surface area contributed by atoms with Gasteiger partial charge >= 0.3 is 0 Å². The van der Waals surface area contributed by atoms with Crippen molar-refractivity contribution in [2.45, 2.75) is 13.5 Å². The molecule has 0 aliphatic heterocycles. The van der Waals surface area contributed by atoms with E-state index < -0.39 is 0 Å². The molecule has 0 aliphatic rings. The second-order valence-corrected chi connectivity index (χ2v) is 4.63. The third-order valence-electron chi connectivity index (χ3n) is 3.11. The van der Waals surface area contributed by atoms with Gasteiger partial charge in [-0.25, -0.2) is 0 Å². The summed E-state index contributed by atoms with van der Waals surface area (Å²) < 4.78 is 5.68. The van der Waals surface area contributed by atoms with Gasteiger partial charge in [-0.15, -0.1) is 10.2 Å². The van der Waals surface area contributed by atoms with Crippen LogP contribution in [-0.4, -0.2) is 15.3 Å². The van der Waals surface area contributed by atoms with Crippen LogP contribution in [-0.2, 0) is 6.61 Å². The monoisotopic (exact) mass is 266 g/mol. The summed E-state index contributed by atoms with van der Waals surface area (Å²) in [6.07, 6.45) is 0. The van der Waals surface area contributed by atoms with Gasteiger partial charge in [0.2, 0.25) is 11.8 Å². The molecule has 1 aromatic heterocycles. The first-order valence-electron chi connectivity index (χ1n) is 6.37. The molecule has 0 fully saturated rings. The molecule has 0 spiro atoms. The highest BCUT2D eigenvalue weighted by Crippen LogP contribution is 2.24. The summed E-state index contributed by atoms with van der Waals surface area (Å²) in [7, 11) is 0. The van der Waals surface area contributed by atoms with Crippen LogP contribution in [0.1, 0.15) is 11.1 Å². The Morgan fingerprint density at radius 3 is 1.85 bits per heavy atom. The lowest BCUT2D eigenvalue weighted by Gasteiger charge is -1.98. The molecule has 0 radical (unpaired) electrons. The van der Waals surface area contributed by atoms with Crippen LogP contribution in [0.15, 0.2) is 52.9 Å². The SMILES string of the molecule is Cc1ccc(-c2nnc(-c3ccc(CO)cc3)o2)cc1. The predicted octanol–water partition coefficient (Wildman–Crippen LogP) is 3.20. The minimum absolute atomic E-state index is 0.0265. The van der Waals surface area contributed by atoms with E-state index in [1.807, 2.05) is 55.5 Å². The van der Waals surface area contributed by atoms with Gasteiger partial charge in [-0.2, -0.15) is 0 Å². The maximum atomic E-state index is 9.02. The van der Waals surface area contributed by atoms with Crippen molar-refractivity contribution in [3.05, 3.63) is 59.7 Å². The van der Waals surface area contributed by atoms with Crippen molar-refractivity contribution in [2.75, 3.05) is 0 Å². The van der Waals surface area contributed by atoms with E-state index in [1.54, 1.807) is 0 Å². The Morgan fingerprint density at radius 1 is 0.850 bits per heavy atom. The summed E-state index contributed by atoms with van der Waals surface area (Å²) in [5, 5.41) is 17.2. The molecule has 0 unspecified atom stereocenters. The number of rotatable bonds is 3. The van der Waals surface area contributed by atoms with E-state index in [2.05, 4.69) is 10.2 Å². The van der Waals surface area contributed by atoms with E-state index in [4.69, 9.17) is 9.52 Å². The highest BCUT2D eigenvalue weighted by atomic mass is 16.4. The Kier molecular flexibility index (Phi) is 3.31. The standard InChI is InChI=1S/C16H14N2O2/c1-11-2-6-13(7-3-11)15-17-18-16(20-15)14-8-4-12(10-19)5-9-14/h2-9,19H,10H2,1H3. The first-order chi connectivity index (χ1) is 9.76. The first kappa shape index (κ1) is 12.6. The average molecular weight is 266 g/mol. The normalized spacial score (nSPS) is 10.7. The molecule has 0 aliphatic carbocycles. The van der Waals surface area contributed by atoms with Crippen molar-refractivity contribution in [1.82, 2.24) is 10.2 Å². The van der Waals surface area contributed by atoms with Gasteiger partial charge in [0.05, 0.1) is 6.61 Å². The van der Waals surface area contributed by atoms with E-state index in [1.165, 1.54) is 5.56 Å². The van der Waals surface area contributed by atoms with Gasteiger partial charge < -0.3 is 9.52 Å². The van der Waals surface area contributed by atoms with E-state index in [0.29, 0.717) is 11.8 Å². The van der Waals surface area contributed by atoms with E-state index in [9.17, 15) is 0 Å². The van der Waals surface area contributed by atoms with Crippen molar-refractivity contribution in [3.63, 3.8) is 0 Å². The summed E-state index contributed by atoms with van der Waals surface area (Å²) in [6.45, 7) is 2.06. The van der Waals surface area contributed by atoms with E-state index in [-0.39, 0.29) is 6.61 Å². The van der Waals surface area contributed by atoms with Gasteiger partial charge in [0.15, 0.2) is 0 Å². The van der Waals surface area contributed by atoms with Crippen molar-refractivity contribution < 1.29 is 9.52 Å². The van der Waals surface area contributed by atoms with Crippen LogP contribution < -0.4 is 0 Å². The van der Waals surface area contributed by atoms with Crippen molar-refractivity contribution >= 4 is 0 Å². The molecule has 20 heavy (non-hydrogen) atoms. The fourth-order valence-electron chi connectivity index (χ4n) is 1.91. The smallest absolute Gasteiger partial charge is 0.248 e. The van der Waals surface area contributed by atoms with Gasteiger partial charge in [0.25, 0.3) is 0 Å². The summed E-state index contributed by atoms with van der Waals surface area (Å²) in [4.78, 5) is 0.